The predicted molar refractivity (Wildman–Crippen MR) is 42.7 cm³/mol. The molecule has 0 saturated heterocycles. The number of hydrogen-bond donors (Lipinski definition) is 1. The Morgan fingerprint density at radius 3 is 2.70 bits per heavy atom. The summed E-state index contributed by atoms with van der Waals surface area (Å²) in [6.45, 7) is 0. The lowest BCUT2D eigenvalue weighted by Gasteiger charge is -2.29. The molecule has 0 aromatic carbocycles. The summed E-state index contributed by atoms with van der Waals surface area (Å²) in [5, 5.41) is 0. The van der Waals surface area contributed by atoms with Gasteiger partial charge in [0.2, 0.25) is 0 Å². The van der Waals surface area contributed by atoms with Crippen LogP contribution in [0.4, 0.5) is 0 Å². The Hall–Kier alpha value is -0.0400. The van der Waals surface area contributed by atoms with E-state index >= 15 is 0 Å². The number of fused-ring (bicyclic) bond motifs is 4. The predicted octanol–water partition coefficient (Wildman–Crippen LogP) is 1.91. The molecule has 10 heavy (non-hydrogen) atoms. The Bertz CT molecular complexity index is 118. The molecule has 0 unspecified atom stereocenters. The summed E-state index contributed by atoms with van der Waals surface area (Å²) in [7, 11) is 0. The molecule has 0 spiro atoms. The standard InChI is InChI=1S/C9H17N/c10-9-6-7-2-1-3-8(9)5-4-7/h7-9H,1-6,10H2/t7-,8+,9-/m1/s1. The molecule has 1 heteroatoms. The second-order valence-electron chi connectivity index (χ2n) is 4.03. The van der Waals surface area contributed by atoms with Crippen LogP contribution in [-0.4, -0.2) is 6.04 Å². The third kappa shape index (κ3) is 1.07. The van der Waals surface area contributed by atoms with Crippen molar-refractivity contribution in [3.63, 3.8) is 0 Å². The lowest BCUT2D eigenvalue weighted by molar-refractivity contribution is 0.266. The van der Waals surface area contributed by atoms with Crippen LogP contribution >= 0.6 is 0 Å². The van der Waals surface area contributed by atoms with Crippen LogP contribution in [0.3, 0.4) is 0 Å². The fraction of sp³-hybridized carbons (Fsp3) is 1.00. The van der Waals surface area contributed by atoms with Gasteiger partial charge < -0.3 is 5.73 Å². The molecule has 3 saturated carbocycles. The number of nitrogens with two attached hydrogens (primary N) is 1. The maximum absolute atomic E-state index is 6.02. The molecule has 3 fully saturated rings. The van der Waals surface area contributed by atoms with E-state index in [1.807, 2.05) is 0 Å². The lowest BCUT2D eigenvalue weighted by atomic mass is 9.81. The Morgan fingerprint density at radius 1 is 1.00 bits per heavy atom. The zero-order chi connectivity index (χ0) is 6.97. The molecule has 3 atom stereocenters. The highest BCUT2D eigenvalue weighted by atomic mass is 14.7. The minimum Gasteiger partial charge on any atom is -0.327 e. The molecular formula is C9H17N. The molecule has 1 nitrogen and oxygen atoms in total. The van der Waals surface area contributed by atoms with Crippen LogP contribution < -0.4 is 5.73 Å². The van der Waals surface area contributed by atoms with E-state index in [-0.39, 0.29) is 0 Å². The van der Waals surface area contributed by atoms with Crippen molar-refractivity contribution in [3.8, 4) is 0 Å². The van der Waals surface area contributed by atoms with Crippen molar-refractivity contribution < 1.29 is 0 Å². The zero-order valence-corrected chi connectivity index (χ0v) is 6.55. The van der Waals surface area contributed by atoms with E-state index < -0.39 is 0 Å². The first-order chi connectivity index (χ1) is 4.86. The molecule has 0 aromatic rings. The average molecular weight is 139 g/mol. The van der Waals surface area contributed by atoms with Gasteiger partial charge in [-0.15, -0.1) is 0 Å². The van der Waals surface area contributed by atoms with Crippen molar-refractivity contribution in [3.05, 3.63) is 0 Å². The van der Waals surface area contributed by atoms with Gasteiger partial charge in [0.25, 0.3) is 0 Å². The molecule has 0 aromatic heterocycles. The van der Waals surface area contributed by atoms with E-state index in [1.54, 1.807) is 0 Å². The first-order valence-corrected chi connectivity index (χ1v) is 4.62. The largest absolute Gasteiger partial charge is 0.327 e. The fourth-order valence-corrected chi connectivity index (χ4v) is 2.65. The molecule has 3 rings (SSSR count). The highest BCUT2D eigenvalue weighted by Gasteiger charge is 2.30. The van der Waals surface area contributed by atoms with E-state index in [2.05, 4.69) is 0 Å². The topological polar surface area (TPSA) is 26.0 Å². The van der Waals surface area contributed by atoms with Gasteiger partial charge in [0, 0.05) is 6.04 Å². The van der Waals surface area contributed by atoms with Crippen molar-refractivity contribution in [2.45, 2.75) is 44.6 Å². The third-order valence-corrected chi connectivity index (χ3v) is 3.34. The van der Waals surface area contributed by atoms with Gasteiger partial charge >= 0.3 is 0 Å². The van der Waals surface area contributed by atoms with Crippen LogP contribution in [0.25, 0.3) is 0 Å². The zero-order valence-electron chi connectivity index (χ0n) is 6.55. The average Bonchev–Trinajstić information content (AvgIpc) is 2.20. The van der Waals surface area contributed by atoms with Gasteiger partial charge in [-0.2, -0.15) is 0 Å². The lowest BCUT2D eigenvalue weighted by Crippen LogP contribution is -2.34. The maximum Gasteiger partial charge on any atom is 0.00698 e. The van der Waals surface area contributed by atoms with E-state index in [0.717, 1.165) is 11.8 Å². The second-order valence-corrected chi connectivity index (χ2v) is 4.03. The van der Waals surface area contributed by atoms with Crippen molar-refractivity contribution in [1.82, 2.24) is 0 Å². The summed E-state index contributed by atoms with van der Waals surface area (Å²) in [5.41, 5.74) is 6.02. The summed E-state index contributed by atoms with van der Waals surface area (Å²) in [5.74, 6) is 1.88. The van der Waals surface area contributed by atoms with Gasteiger partial charge in [-0.25, -0.2) is 0 Å². The molecule has 0 aliphatic heterocycles. The first-order valence-electron chi connectivity index (χ1n) is 4.62. The van der Waals surface area contributed by atoms with Gasteiger partial charge in [-0.1, -0.05) is 19.3 Å². The monoisotopic (exact) mass is 139 g/mol. The maximum atomic E-state index is 6.02. The number of hydrogen-bond acceptors (Lipinski definition) is 1. The first kappa shape index (κ1) is 6.66. The van der Waals surface area contributed by atoms with Crippen molar-refractivity contribution >= 4 is 0 Å². The SMILES string of the molecule is N[C@@H]1C[C@@H]2CCC[C@H]1CC2. The van der Waals surface area contributed by atoms with Crippen LogP contribution in [-0.2, 0) is 0 Å². The third-order valence-electron chi connectivity index (χ3n) is 3.34. The van der Waals surface area contributed by atoms with Gasteiger partial charge in [-0.05, 0) is 31.1 Å². The fourth-order valence-electron chi connectivity index (χ4n) is 2.65. The minimum atomic E-state index is 0.557. The molecule has 3 aliphatic rings. The van der Waals surface area contributed by atoms with Crippen LogP contribution in [0.15, 0.2) is 0 Å². The molecule has 3 aliphatic carbocycles. The van der Waals surface area contributed by atoms with E-state index in [4.69, 9.17) is 5.73 Å². The van der Waals surface area contributed by atoms with Crippen LogP contribution in [0.1, 0.15) is 38.5 Å². The minimum absolute atomic E-state index is 0.557. The molecular weight excluding hydrogens is 122 g/mol. The van der Waals surface area contributed by atoms with Crippen LogP contribution in [0, 0.1) is 11.8 Å². The van der Waals surface area contributed by atoms with Crippen molar-refractivity contribution in [2.75, 3.05) is 0 Å². The molecule has 0 heterocycles. The summed E-state index contributed by atoms with van der Waals surface area (Å²) in [4.78, 5) is 0. The van der Waals surface area contributed by atoms with Gasteiger partial charge in [0.1, 0.15) is 0 Å². The number of rotatable bonds is 0. The summed E-state index contributed by atoms with van der Waals surface area (Å²) in [6, 6.07) is 0.557. The highest BCUT2D eigenvalue weighted by Crippen LogP contribution is 2.38. The molecule has 58 valence electrons. The van der Waals surface area contributed by atoms with Crippen molar-refractivity contribution in [2.24, 2.45) is 17.6 Å². The van der Waals surface area contributed by atoms with Crippen LogP contribution in [0.2, 0.25) is 0 Å². The van der Waals surface area contributed by atoms with E-state index in [1.165, 1.54) is 38.5 Å². The molecule has 2 N–H and O–H groups in total. The van der Waals surface area contributed by atoms with Crippen LogP contribution in [0.5, 0.6) is 0 Å². The molecule has 0 radical (unpaired) electrons. The smallest absolute Gasteiger partial charge is 0.00698 e. The normalized spacial score (nSPS) is 47.1. The molecule has 2 bridgehead atoms. The Labute approximate surface area is 63.0 Å². The van der Waals surface area contributed by atoms with E-state index in [0.29, 0.717) is 6.04 Å². The summed E-state index contributed by atoms with van der Waals surface area (Å²) >= 11 is 0. The highest BCUT2D eigenvalue weighted by molar-refractivity contribution is 4.85. The Balaban J connectivity index is 2.07. The van der Waals surface area contributed by atoms with Gasteiger partial charge in [-0.3, -0.25) is 0 Å². The van der Waals surface area contributed by atoms with Gasteiger partial charge in [0.15, 0.2) is 0 Å². The van der Waals surface area contributed by atoms with E-state index in [9.17, 15) is 0 Å². The quantitative estimate of drug-likeness (QED) is 0.545. The summed E-state index contributed by atoms with van der Waals surface area (Å²) < 4.78 is 0. The summed E-state index contributed by atoms with van der Waals surface area (Å²) in [6.07, 6.45) is 8.54. The Kier molecular flexibility index (Phi) is 1.69. The molecule has 0 amide bonds. The Morgan fingerprint density at radius 2 is 1.90 bits per heavy atom. The second kappa shape index (κ2) is 2.54. The van der Waals surface area contributed by atoms with Gasteiger partial charge in [0.05, 0.1) is 0 Å². The van der Waals surface area contributed by atoms with Crippen molar-refractivity contribution in [1.29, 1.82) is 0 Å².